The summed E-state index contributed by atoms with van der Waals surface area (Å²) in [6, 6.07) is 6.18. The van der Waals surface area contributed by atoms with Crippen LogP contribution in [0.15, 0.2) is 35.1 Å². The number of nitrogens with zero attached hydrogens (tertiary/aromatic N) is 1. The molecule has 0 amide bonds. The lowest BCUT2D eigenvalue weighted by Crippen LogP contribution is -1.81. The van der Waals surface area contributed by atoms with Gasteiger partial charge < -0.3 is 0 Å². The Morgan fingerprint density at radius 1 is 1.25 bits per heavy atom. The molecule has 0 aliphatic heterocycles. The SMILES string of the molecule is Cc1c(Br)ccc2ccncc12. The van der Waals surface area contributed by atoms with Gasteiger partial charge in [-0.1, -0.05) is 22.0 Å². The van der Waals surface area contributed by atoms with Gasteiger partial charge in [0.15, 0.2) is 0 Å². The molecule has 1 nitrogen and oxygen atoms in total. The molecular formula is C10H8BrN. The zero-order chi connectivity index (χ0) is 8.55. The first-order chi connectivity index (χ1) is 5.79. The average molecular weight is 222 g/mol. The summed E-state index contributed by atoms with van der Waals surface area (Å²) >= 11 is 3.49. The molecule has 0 atom stereocenters. The highest BCUT2D eigenvalue weighted by atomic mass is 79.9. The predicted octanol–water partition coefficient (Wildman–Crippen LogP) is 3.31. The molecule has 0 unspecified atom stereocenters. The van der Waals surface area contributed by atoms with Gasteiger partial charge in [-0.15, -0.1) is 0 Å². The van der Waals surface area contributed by atoms with Crippen molar-refractivity contribution < 1.29 is 0 Å². The van der Waals surface area contributed by atoms with Gasteiger partial charge in [0, 0.05) is 22.3 Å². The maximum atomic E-state index is 4.09. The Balaban J connectivity index is 2.91. The first kappa shape index (κ1) is 7.74. The summed E-state index contributed by atoms with van der Waals surface area (Å²) in [5, 5.41) is 2.46. The summed E-state index contributed by atoms with van der Waals surface area (Å²) in [5.41, 5.74) is 1.25. The van der Waals surface area contributed by atoms with Crippen LogP contribution in [0.3, 0.4) is 0 Å². The molecule has 2 aromatic rings. The van der Waals surface area contributed by atoms with E-state index in [-0.39, 0.29) is 0 Å². The fourth-order valence-electron chi connectivity index (χ4n) is 1.28. The summed E-state index contributed by atoms with van der Waals surface area (Å²) < 4.78 is 1.14. The van der Waals surface area contributed by atoms with Gasteiger partial charge in [-0.25, -0.2) is 0 Å². The van der Waals surface area contributed by atoms with Crippen molar-refractivity contribution in [2.75, 3.05) is 0 Å². The van der Waals surface area contributed by atoms with Crippen molar-refractivity contribution in [1.82, 2.24) is 4.98 Å². The molecule has 0 N–H and O–H groups in total. The molecule has 2 heteroatoms. The Morgan fingerprint density at radius 2 is 2.08 bits per heavy atom. The minimum Gasteiger partial charge on any atom is -0.264 e. The van der Waals surface area contributed by atoms with Gasteiger partial charge in [0.2, 0.25) is 0 Å². The number of aryl methyl sites for hydroxylation is 1. The van der Waals surface area contributed by atoms with Crippen LogP contribution in [0.2, 0.25) is 0 Å². The van der Waals surface area contributed by atoms with E-state index in [2.05, 4.69) is 40.0 Å². The Labute approximate surface area is 79.6 Å². The Kier molecular flexibility index (Phi) is 1.85. The molecule has 0 aliphatic rings. The molecule has 1 aromatic carbocycles. The minimum absolute atomic E-state index is 1.14. The number of halogens is 1. The largest absolute Gasteiger partial charge is 0.264 e. The van der Waals surface area contributed by atoms with Gasteiger partial charge in [-0.2, -0.15) is 0 Å². The second-order valence-electron chi connectivity index (χ2n) is 2.77. The van der Waals surface area contributed by atoms with Gasteiger partial charge >= 0.3 is 0 Å². The van der Waals surface area contributed by atoms with E-state index >= 15 is 0 Å². The number of pyridine rings is 1. The molecule has 60 valence electrons. The summed E-state index contributed by atoms with van der Waals surface area (Å²) in [6.07, 6.45) is 3.71. The molecule has 0 fully saturated rings. The number of aromatic nitrogens is 1. The van der Waals surface area contributed by atoms with E-state index in [1.54, 1.807) is 0 Å². The zero-order valence-corrected chi connectivity index (χ0v) is 8.30. The van der Waals surface area contributed by atoms with Crippen LogP contribution in [0.1, 0.15) is 5.56 Å². The van der Waals surface area contributed by atoms with E-state index in [1.807, 2.05) is 18.5 Å². The Hall–Kier alpha value is -0.890. The van der Waals surface area contributed by atoms with E-state index < -0.39 is 0 Å². The third-order valence-electron chi connectivity index (χ3n) is 2.03. The van der Waals surface area contributed by atoms with Crippen molar-refractivity contribution in [3.63, 3.8) is 0 Å². The van der Waals surface area contributed by atoms with Crippen LogP contribution in [-0.4, -0.2) is 4.98 Å². The van der Waals surface area contributed by atoms with Crippen molar-refractivity contribution in [2.24, 2.45) is 0 Å². The smallest absolute Gasteiger partial charge is 0.0349 e. The second kappa shape index (κ2) is 2.87. The highest BCUT2D eigenvalue weighted by molar-refractivity contribution is 9.10. The third kappa shape index (κ3) is 1.12. The van der Waals surface area contributed by atoms with Gasteiger partial charge in [0.25, 0.3) is 0 Å². The summed E-state index contributed by atoms with van der Waals surface area (Å²) in [6.45, 7) is 2.09. The monoisotopic (exact) mass is 221 g/mol. The molecule has 0 spiro atoms. The van der Waals surface area contributed by atoms with Crippen molar-refractivity contribution in [2.45, 2.75) is 6.92 Å². The number of fused-ring (bicyclic) bond motifs is 1. The fourth-order valence-corrected chi connectivity index (χ4v) is 1.63. The van der Waals surface area contributed by atoms with Crippen LogP contribution in [0.4, 0.5) is 0 Å². The first-order valence-corrected chi connectivity index (χ1v) is 4.57. The topological polar surface area (TPSA) is 12.9 Å². The van der Waals surface area contributed by atoms with Crippen molar-refractivity contribution in [3.8, 4) is 0 Å². The lowest BCUT2D eigenvalue weighted by atomic mass is 10.1. The maximum Gasteiger partial charge on any atom is 0.0349 e. The van der Waals surface area contributed by atoms with Crippen LogP contribution in [0.5, 0.6) is 0 Å². The summed E-state index contributed by atoms with van der Waals surface area (Å²) in [7, 11) is 0. The quantitative estimate of drug-likeness (QED) is 0.666. The highest BCUT2D eigenvalue weighted by Crippen LogP contribution is 2.24. The average Bonchev–Trinajstić information content (AvgIpc) is 2.12. The number of rotatable bonds is 0. The minimum atomic E-state index is 1.14. The predicted molar refractivity (Wildman–Crippen MR) is 54.2 cm³/mol. The van der Waals surface area contributed by atoms with Gasteiger partial charge in [0.1, 0.15) is 0 Å². The van der Waals surface area contributed by atoms with E-state index in [4.69, 9.17) is 0 Å². The Bertz CT molecular complexity index is 423. The van der Waals surface area contributed by atoms with Crippen molar-refractivity contribution >= 4 is 26.7 Å². The lowest BCUT2D eigenvalue weighted by Gasteiger charge is -2.02. The van der Waals surface area contributed by atoms with Crippen LogP contribution >= 0.6 is 15.9 Å². The molecule has 0 radical (unpaired) electrons. The van der Waals surface area contributed by atoms with Gasteiger partial charge in [0.05, 0.1) is 0 Å². The van der Waals surface area contributed by atoms with E-state index in [0.29, 0.717) is 0 Å². The molecule has 12 heavy (non-hydrogen) atoms. The molecule has 0 bridgehead atoms. The highest BCUT2D eigenvalue weighted by Gasteiger charge is 1.99. The van der Waals surface area contributed by atoms with Crippen LogP contribution in [0.25, 0.3) is 10.8 Å². The van der Waals surface area contributed by atoms with Crippen LogP contribution in [-0.2, 0) is 0 Å². The summed E-state index contributed by atoms with van der Waals surface area (Å²) in [4.78, 5) is 4.09. The molecule has 2 rings (SSSR count). The fraction of sp³-hybridized carbons (Fsp3) is 0.100. The molecular weight excluding hydrogens is 214 g/mol. The lowest BCUT2D eigenvalue weighted by molar-refractivity contribution is 1.34. The van der Waals surface area contributed by atoms with Gasteiger partial charge in [-0.3, -0.25) is 4.98 Å². The van der Waals surface area contributed by atoms with E-state index in [1.165, 1.54) is 16.3 Å². The normalized spacial score (nSPS) is 10.5. The van der Waals surface area contributed by atoms with Crippen molar-refractivity contribution in [3.05, 3.63) is 40.6 Å². The van der Waals surface area contributed by atoms with Crippen LogP contribution in [0, 0.1) is 6.92 Å². The van der Waals surface area contributed by atoms with Gasteiger partial charge in [-0.05, 0) is 30.0 Å². The number of hydrogen-bond donors (Lipinski definition) is 0. The second-order valence-corrected chi connectivity index (χ2v) is 3.62. The first-order valence-electron chi connectivity index (χ1n) is 3.78. The molecule has 1 aromatic heterocycles. The standard InChI is InChI=1S/C10H8BrN/c1-7-9-6-12-5-4-8(9)2-3-10(7)11/h2-6H,1H3. The van der Waals surface area contributed by atoms with Crippen molar-refractivity contribution in [1.29, 1.82) is 0 Å². The number of benzene rings is 1. The molecule has 0 saturated heterocycles. The van der Waals surface area contributed by atoms with E-state index in [0.717, 1.165) is 4.47 Å². The number of hydrogen-bond acceptors (Lipinski definition) is 1. The molecule has 0 aliphatic carbocycles. The Morgan fingerprint density at radius 3 is 2.92 bits per heavy atom. The molecule has 1 heterocycles. The maximum absolute atomic E-state index is 4.09. The third-order valence-corrected chi connectivity index (χ3v) is 2.89. The molecule has 0 saturated carbocycles. The summed E-state index contributed by atoms with van der Waals surface area (Å²) in [5.74, 6) is 0. The zero-order valence-electron chi connectivity index (χ0n) is 6.71. The van der Waals surface area contributed by atoms with E-state index in [9.17, 15) is 0 Å². The van der Waals surface area contributed by atoms with Crippen LogP contribution < -0.4 is 0 Å².